The number of nitrogens with zero attached hydrogens (tertiary/aromatic N) is 2. The Morgan fingerprint density at radius 3 is 2.47 bits per heavy atom. The van der Waals surface area contributed by atoms with Crippen LogP contribution < -0.4 is 10.2 Å². The van der Waals surface area contributed by atoms with Gasteiger partial charge in [-0.25, -0.2) is 9.78 Å². The molecule has 1 fully saturated rings. The van der Waals surface area contributed by atoms with Crippen LogP contribution in [0.5, 0.6) is 0 Å². The van der Waals surface area contributed by atoms with Crippen LogP contribution in [0.3, 0.4) is 0 Å². The van der Waals surface area contributed by atoms with Crippen molar-refractivity contribution < 1.29 is 14.3 Å². The summed E-state index contributed by atoms with van der Waals surface area (Å²) in [5, 5.41) is 3.91. The number of ether oxygens (including phenoxy) is 2. The van der Waals surface area contributed by atoms with Gasteiger partial charge in [-0.15, -0.1) is 0 Å². The van der Waals surface area contributed by atoms with E-state index in [1.54, 1.807) is 0 Å². The van der Waals surface area contributed by atoms with Crippen LogP contribution in [-0.2, 0) is 9.47 Å². The molecule has 0 atom stereocenters. The number of rotatable bonds is 3. The number of hydrogen-bond donors (Lipinski definition) is 1. The molecule has 3 aromatic rings. The van der Waals surface area contributed by atoms with Gasteiger partial charge in [0.05, 0.1) is 24.4 Å². The van der Waals surface area contributed by atoms with E-state index in [1.807, 2.05) is 63.2 Å². The van der Waals surface area contributed by atoms with Gasteiger partial charge in [-0.1, -0.05) is 30.3 Å². The number of nitrogens with one attached hydrogen (secondary N) is 1. The molecule has 1 N–H and O–H groups in total. The van der Waals surface area contributed by atoms with Crippen molar-refractivity contribution in [1.29, 1.82) is 0 Å². The molecule has 30 heavy (non-hydrogen) atoms. The molecule has 2 heterocycles. The number of hydrogen-bond acceptors (Lipinski definition) is 5. The maximum Gasteiger partial charge on any atom is 0.412 e. The number of anilines is 2. The summed E-state index contributed by atoms with van der Waals surface area (Å²) in [4.78, 5) is 19.2. The van der Waals surface area contributed by atoms with Crippen LogP contribution in [-0.4, -0.2) is 43.0 Å². The Morgan fingerprint density at radius 1 is 1.07 bits per heavy atom. The molecule has 2 aromatic carbocycles. The zero-order valence-electron chi connectivity index (χ0n) is 17.6. The first-order valence-electron chi connectivity index (χ1n) is 10.2. The van der Waals surface area contributed by atoms with Crippen molar-refractivity contribution in [2.75, 3.05) is 36.5 Å². The summed E-state index contributed by atoms with van der Waals surface area (Å²) < 4.78 is 10.8. The molecule has 1 aliphatic rings. The number of aromatic nitrogens is 1. The van der Waals surface area contributed by atoms with Gasteiger partial charge in [0.25, 0.3) is 0 Å². The average molecular weight is 405 g/mol. The number of benzene rings is 2. The fraction of sp³-hybridized carbons (Fsp3) is 0.333. The van der Waals surface area contributed by atoms with Gasteiger partial charge in [-0.3, -0.25) is 5.32 Å². The zero-order chi connectivity index (χ0) is 21.1. The molecule has 1 amide bonds. The Morgan fingerprint density at radius 2 is 1.77 bits per heavy atom. The van der Waals surface area contributed by atoms with Crippen molar-refractivity contribution in [3.05, 3.63) is 54.6 Å². The minimum Gasteiger partial charge on any atom is -0.444 e. The van der Waals surface area contributed by atoms with Crippen molar-refractivity contribution >= 4 is 28.4 Å². The molecule has 156 valence electrons. The van der Waals surface area contributed by atoms with Crippen LogP contribution in [0.2, 0.25) is 0 Å². The third-order valence-corrected chi connectivity index (χ3v) is 4.87. The smallest absolute Gasteiger partial charge is 0.412 e. The molecular formula is C24H27N3O3. The van der Waals surface area contributed by atoms with Gasteiger partial charge >= 0.3 is 6.09 Å². The van der Waals surface area contributed by atoms with Gasteiger partial charge in [0.1, 0.15) is 5.60 Å². The number of carbonyl (C=O) groups excluding carboxylic acids is 1. The van der Waals surface area contributed by atoms with Crippen LogP contribution in [0.25, 0.3) is 22.2 Å². The lowest BCUT2D eigenvalue weighted by Gasteiger charge is -2.30. The summed E-state index contributed by atoms with van der Waals surface area (Å²) in [6.45, 7) is 8.72. The van der Waals surface area contributed by atoms with Crippen molar-refractivity contribution in [3.8, 4) is 11.3 Å². The van der Waals surface area contributed by atoms with E-state index in [2.05, 4.69) is 22.3 Å². The van der Waals surface area contributed by atoms with Crippen LogP contribution in [0.15, 0.2) is 54.6 Å². The molecule has 0 spiro atoms. The number of para-hydroxylation sites is 1. The van der Waals surface area contributed by atoms with E-state index < -0.39 is 11.7 Å². The topological polar surface area (TPSA) is 63.7 Å². The standard InChI is InChI=1S/C24H27N3O3/c1-24(2,3)30-23(28)25-18-10-8-17(9-11-18)21-16-22(27-12-14-29-15-13-27)19-6-4-5-7-20(19)26-21/h4-11,16H,12-15H2,1-3H3,(H,25,28). The highest BCUT2D eigenvalue weighted by atomic mass is 16.6. The number of pyridine rings is 1. The molecule has 4 rings (SSSR count). The van der Waals surface area contributed by atoms with Gasteiger partial charge in [0, 0.05) is 35.4 Å². The van der Waals surface area contributed by atoms with Gasteiger partial charge in [0.2, 0.25) is 0 Å². The monoisotopic (exact) mass is 405 g/mol. The number of carbonyl (C=O) groups is 1. The fourth-order valence-electron chi connectivity index (χ4n) is 3.52. The largest absolute Gasteiger partial charge is 0.444 e. The molecule has 6 nitrogen and oxygen atoms in total. The van der Waals surface area contributed by atoms with Crippen LogP contribution in [0.1, 0.15) is 20.8 Å². The van der Waals surface area contributed by atoms with Crippen molar-refractivity contribution in [3.63, 3.8) is 0 Å². The number of amides is 1. The third-order valence-electron chi connectivity index (χ3n) is 4.87. The zero-order valence-corrected chi connectivity index (χ0v) is 17.6. The second kappa shape index (κ2) is 8.32. The average Bonchev–Trinajstić information content (AvgIpc) is 2.73. The Kier molecular flexibility index (Phi) is 5.59. The maximum absolute atomic E-state index is 12.0. The molecule has 1 aliphatic heterocycles. The molecule has 1 aromatic heterocycles. The first-order valence-corrected chi connectivity index (χ1v) is 10.2. The van der Waals surface area contributed by atoms with E-state index in [1.165, 1.54) is 5.69 Å². The summed E-state index contributed by atoms with van der Waals surface area (Å²) in [7, 11) is 0. The molecule has 0 aliphatic carbocycles. The molecular weight excluding hydrogens is 378 g/mol. The van der Waals surface area contributed by atoms with Crippen LogP contribution in [0.4, 0.5) is 16.2 Å². The SMILES string of the molecule is CC(C)(C)OC(=O)Nc1ccc(-c2cc(N3CCOCC3)c3ccccc3n2)cc1. The quantitative estimate of drug-likeness (QED) is 0.658. The van der Waals surface area contributed by atoms with Gasteiger partial charge in [-0.05, 0) is 45.0 Å². The highest BCUT2D eigenvalue weighted by Crippen LogP contribution is 2.32. The molecule has 0 saturated carbocycles. The Labute approximate surface area is 176 Å². The Hall–Kier alpha value is -3.12. The second-order valence-corrected chi connectivity index (χ2v) is 8.35. The Bertz CT molecular complexity index is 1040. The molecule has 6 heteroatoms. The maximum atomic E-state index is 12.0. The minimum absolute atomic E-state index is 0.464. The lowest BCUT2D eigenvalue weighted by Crippen LogP contribution is -2.36. The molecule has 1 saturated heterocycles. The van der Waals surface area contributed by atoms with Gasteiger partial charge in [-0.2, -0.15) is 0 Å². The second-order valence-electron chi connectivity index (χ2n) is 8.35. The fourth-order valence-corrected chi connectivity index (χ4v) is 3.52. The van der Waals surface area contributed by atoms with Crippen LogP contribution in [0, 0.1) is 0 Å². The lowest BCUT2D eigenvalue weighted by molar-refractivity contribution is 0.0636. The number of morpholine rings is 1. The van der Waals surface area contributed by atoms with E-state index in [4.69, 9.17) is 14.5 Å². The first kappa shape index (κ1) is 20.2. The first-order chi connectivity index (χ1) is 14.4. The predicted molar refractivity (Wildman–Crippen MR) is 120 cm³/mol. The normalized spacial score (nSPS) is 14.6. The highest BCUT2D eigenvalue weighted by Gasteiger charge is 2.18. The molecule has 0 unspecified atom stereocenters. The number of fused-ring (bicyclic) bond motifs is 1. The Balaban J connectivity index is 1.62. The van der Waals surface area contributed by atoms with Crippen molar-refractivity contribution in [1.82, 2.24) is 4.98 Å². The summed E-state index contributed by atoms with van der Waals surface area (Å²) in [6, 6.07) is 18.0. The van der Waals surface area contributed by atoms with E-state index >= 15 is 0 Å². The van der Waals surface area contributed by atoms with E-state index in [9.17, 15) is 4.79 Å². The summed E-state index contributed by atoms with van der Waals surface area (Å²) in [6.07, 6.45) is -0.464. The van der Waals surface area contributed by atoms with Gasteiger partial charge in [0.15, 0.2) is 0 Å². The predicted octanol–water partition coefficient (Wildman–Crippen LogP) is 5.09. The highest BCUT2D eigenvalue weighted by molar-refractivity contribution is 5.94. The van der Waals surface area contributed by atoms with Crippen molar-refractivity contribution in [2.24, 2.45) is 0 Å². The van der Waals surface area contributed by atoms with Gasteiger partial charge < -0.3 is 14.4 Å². The summed E-state index contributed by atoms with van der Waals surface area (Å²) in [5.74, 6) is 0. The van der Waals surface area contributed by atoms with Crippen LogP contribution >= 0.6 is 0 Å². The minimum atomic E-state index is -0.533. The molecule has 0 radical (unpaired) electrons. The van der Waals surface area contributed by atoms with E-state index in [0.717, 1.165) is 48.5 Å². The van der Waals surface area contributed by atoms with E-state index in [0.29, 0.717) is 5.69 Å². The summed E-state index contributed by atoms with van der Waals surface area (Å²) in [5.41, 5.74) is 4.18. The summed E-state index contributed by atoms with van der Waals surface area (Å²) >= 11 is 0. The lowest BCUT2D eigenvalue weighted by atomic mass is 10.1. The third kappa shape index (κ3) is 4.71. The van der Waals surface area contributed by atoms with Crippen molar-refractivity contribution in [2.45, 2.75) is 26.4 Å². The molecule has 0 bridgehead atoms. The van der Waals surface area contributed by atoms with E-state index in [-0.39, 0.29) is 0 Å².